The molecule has 8 rings (SSSR count). The van der Waals surface area contributed by atoms with E-state index in [0.717, 1.165) is 94.7 Å². The highest BCUT2D eigenvalue weighted by Gasteiger charge is 2.48. The summed E-state index contributed by atoms with van der Waals surface area (Å²) >= 11 is 2.72. The largest absolute Gasteiger partial charge is 0.0882 e. The van der Waals surface area contributed by atoms with E-state index in [-0.39, 0.29) is 0 Å². The van der Waals surface area contributed by atoms with Crippen LogP contribution in [0.15, 0.2) is 24.3 Å². The van der Waals surface area contributed by atoms with Gasteiger partial charge in [0.25, 0.3) is 0 Å². The van der Waals surface area contributed by atoms with Crippen LogP contribution in [0, 0.1) is 94.7 Å². The molecule has 12 atom stereocenters. The van der Waals surface area contributed by atoms with Crippen molar-refractivity contribution >= 4 is 22.6 Å². The normalized spacial score (nSPS) is 49.4. The summed E-state index contributed by atoms with van der Waals surface area (Å²) < 4.78 is 1.40. The third kappa shape index (κ3) is 7.17. The van der Waals surface area contributed by atoms with Crippen molar-refractivity contribution in [3.63, 3.8) is 0 Å². The van der Waals surface area contributed by atoms with Gasteiger partial charge in [0.1, 0.15) is 0 Å². The van der Waals surface area contributed by atoms with E-state index in [1.54, 1.807) is 96.3 Å². The molecule has 8 aliphatic carbocycles. The van der Waals surface area contributed by atoms with Gasteiger partial charge in [-0.2, -0.15) is 0 Å². The van der Waals surface area contributed by atoms with E-state index in [1.165, 1.54) is 62.2 Å². The lowest BCUT2D eigenvalue weighted by atomic mass is 9.52. The minimum absolute atomic E-state index is 0.923. The Labute approximate surface area is 305 Å². The van der Waals surface area contributed by atoms with E-state index in [0.29, 0.717) is 0 Å². The van der Waals surface area contributed by atoms with Crippen molar-refractivity contribution in [2.75, 3.05) is 4.43 Å². The summed E-state index contributed by atoms with van der Waals surface area (Å²) in [4.78, 5) is 0. The second kappa shape index (κ2) is 15.8. The zero-order valence-corrected chi connectivity index (χ0v) is 32.8. The van der Waals surface area contributed by atoms with Crippen LogP contribution in [0.3, 0.4) is 0 Å². The molecule has 1 heteroatoms. The first-order valence-electron chi connectivity index (χ1n) is 22.1. The van der Waals surface area contributed by atoms with Crippen LogP contribution < -0.4 is 0 Å². The lowest BCUT2D eigenvalue weighted by Crippen LogP contribution is -2.45. The average molecular weight is 753 g/mol. The first-order valence-corrected chi connectivity index (χ1v) is 23.6. The Balaban J connectivity index is 0.854. The molecule has 0 aliphatic heterocycles. The Morgan fingerprint density at radius 1 is 0.489 bits per heavy atom. The van der Waals surface area contributed by atoms with Crippen LogP contribution in [0.2, 0.25) is 0 Å². The first kappa shape index (κ1) is 34.3. The molecule has 0 aromatic carbocycles. The summed E-state index contributed by atoms with van der Waals surface area (Å²) in [5.74, 6) is 16.4. The van der Waals surface area contributed by atoms with Crippen LogP contribution in [-0.2, 0) is 0 Å². The summed E-state index contributed by atoms with van der Waals surface area (Å²) in [6.07, 6.45) is 47.9. The van der Waals surface area contributed by atoms with Crippen molar-refractivity contribution < 1.29 is 0 Å². The number of hydrogen-bond donors (Lipinski definition) is 0. The van der Waals surface area contributed by atoms with Crippen LogP contribution in [0.4, 0.5) is 0 Å². The zero-order valence-electron chi connectivity index (χ0n) is 30.6. The molecule has 0 saturated heterocycles. The van der Waals surface area contributed by atoms with Crippen LogP contribution >= 0.6 is 22.6 Å². The molecule has 8 aliphatic rings. The number of fused-ring (bicyclic) bond motifs is 3. The molecule has 264 valence electrons. The smallest absolute Gasteiger partial charge is 0.00263 e. The molecule has 0 spiro atoms. The van der Waals surface area contributed by atoms with Crippen molar-refractivity contribution in [3.8, 4) is 0 Å². The van der Waals surface area contributed by atoms with Gasteiger partial charge in [0.05, 0.1) is 0 Å². The summed E-state index contributed by atoms with van der Waals surface area (Å²) in [5, 5.41) is 0. The molecule has 6 saturated carbocycles. The molecule has 0 bridgehead atoms. The lowest BCUT2D eigenvalue weighted by molar-refractivity contribution is -0.0246. The van der Waals surface area contributed by atoms with E-state index in [1.807, 2.05) is 0 Å². The van der Waals surface area contributed by atoms with Gasteiger partial charge in [-0.15, -0.1) is 0 Å². The quantitative estimate of drug-likeness (QED) is 0.138. The third-order valence-corrected chi connectivity index (χ3v) is 18.9. The van der Waals surface area contributed by atoms with Gasteiger partial charge in [0.2, 0.25) is 0 Å². The Kier molecular flexibility index (Phi) is 11.6. The van der Waals surface area contributed by atoms with Crippen molar-refractivity contribution in [2.24, 2.45) is 94.7 Å². The van der Waals surface area contributed by atoms with Crippen LogP contribution in [-0.4, -0.2) is 4.43 Å². The molecule has 12 unspecified atom stereocenters. The van der Waals surface area contributed by atoms with Crippen molar-refractivity contribution in [3.05, 3.63) is 24.3 Å². The maximum absolute atomic E-state index is 2.80. The van der Waals surface area contributed by atoms with Crippen LogP contribution in [0.25, 0.3) is 0 Å². The fourth-order valence-electron chi connectivity index (χ4n) is 15.4. The van der Waals surface area contributed by atoms with E-state index in [4.69, 9.17) is 0 Å². The number of hydrogen-bond acceptors (Lipinski definition) is 0. The standard InChI is InChI=1S/C46H73I/c1-2-31(30-47)39-25-26-40(44-12-6-5-11-43(39)44)35-20-22-36(23-21-35)42-28-27-41(45-13-7-8-14-46(42)45)34-18-15-33(16-19-34)38-24-17-32-9-3-4-10-37(32)29-38/h7,13,17,24,31-46H,2-6,8-12,14-16,18-23,25-30H2,1H3. The molecule has 0 amide bonds. The number of rotatable bonds is 7. The highest BCUT2D eigenvalue weighted by Crippen LogP contribution is 2.58. The van der Waals surface area contributed by atoms with E-state index in [9.17, 15) is 0 Å². The van der Waals surface area contributed by atoms with Gasteiger partial charge in [0, 0.05) is 4.43 Å². The molecule has 0 aromatic heterocycles. The number of halogens is 1. The molecular weight excluding hydrogens is 679 g/mol. The van der Waals surface area contributed by atoms with Gasteiger partial charge in [-0.25, -0.2) is 0 Å². The average Bonchev–Trinajstić information content (AvgIpc) is 3.15. The predicted octanol–water partition coefficient (Wildman–Crippen LogP) is 13.9. The second-order valence-electron chi connectivity index (χ2n) is 19.3. The van der Waals surface area contributed by atoms with E-state index < -0.39 is 0 Å². The molecule has 6 fully saturated rings. The Morgan fingerprint density at radius 2 is 1.09 bits per heavy atom. The topological polar surface area (TPSA) is 0 Å². The molecule has 0 nitrogen and oxygen atoms in total. The van der Waals surface area contributed by atoms with Crippen LogP contribution in [0.5, 0.6) is 0 Å². The van der Waals surface area contributed by atoms with Gasteiger partial charge >= 0.3 is 0 Å². The fourth-order valence-corrected chi connectivity index (χ4v) is 16.6. The predicted molar refractivity (Wildman–Crippen MR) is 209 cm³/mol. The Hall–Kier alpha value is 0.210. The molecule has 47 heavy (non-hydrogen) atoms. The van der Waals surface area contributed by atoms with Crippen molar-refractivity contribution in [1.82, 2.24) is 0 Å². The maximum Gasteiger partial charge on any atom is 0.00263 e. The number of allylic oxidation sites excluding steroid dienone is 4. The lowest BCUT2D eigenvalue weighted by Gasteiger charge is -2.53. The Morgan fingerprint density at radius 3 is 1.83 bits per heavy atom. The molecular formula is C46H73I. The highest BCUT2D eigenvalue weighted by atomic mass is 127. The summed E-state index contributed by atoms with van der Waals surface area (Å²) in [7, 11) is 0. The molecule has 0 radical (unpaired) electrons. The van der Waals surface area contributed by atoms with Crippen molar-refractivity contribution in [2.45, 2.75) is 161 Å². The monoisotopic (exact) mass is 752 g/mol. The van der Waals surface area contributed by atoms with Crippen LogP contribution in [0.1, 0.15) is 161 Å². The molecule has 0 heterocycles. The maximum atomic E-state index is 2.80. The van der Waals surface area contributed by atoms with Gasteiger partial charge in [-0.1, -0.05) is 85.9 Å². The highest BCUT2D eigenvalue weighted by molar-refractivity contribution is 14.1. The van der Waals surface area contributed by atoms with E-state index in [2.05, 4.69) is 53.8 Å². The summed E-state index contributed by atoms with van der Waals surface area (Å²) in [5.41, 5.74) is 0. The Bertz CT molecular complexity index is 1040. The first-order chi connectivity index (χ1) is 23.2. The summed E-state index contributed by atoms with van der Waals surface area (Å²) in [6.45, 7) is 2.49. The van der Waals surface area contributed by atoms with Gasteiger partial charge < -0.3 is 0 Å². The third-order valence-electron chi connectivity index (χ3n) is 17.7. The number of alkyl halides is 1. The summed E-state index contributed by atoms with van der Waals surface area (Å²) in [6, 6.07) is 0. The molecule has 0 N–H and O–H groups in total. The SMILES string of the molecule is CCC(CI)C1CCC(C2CCC(C3CCC(C4CCC(C5C=CC6CCCCC6C5)CC4)C4C=CCCC43)CC2)C2CCCCC12. The van der Waals surface area contributed by atoms with E-state index >= 15 is 0 Å². The van der Waals surface area contributed by atoms with Gasteiger partial charge in [-0.05, 0) is 217 Å². The minimum Gasteiger partial charge on any atom is -0.0882 e. The fraction of sp³-hybridized carbons (Fsp3) is 0.913. The van der Waals surface area contributed by atoms with Crippen molar-refractivity contribution in [1.29, 1.82) is 0 Å². The van der Waals surface area contributed by atoms with Gasteiger partial charge in [-0.3, -0.25) is 0 Å². The zero-order chi connectivity index (χ0) is 31.7. The second-order valence-corrected chi connectivity index (χ2v) is 20.2. The molecule has 0 aromatic rings. The minimum atomic E-state index is 0.923. The van der Waals surface area contributed by atoms with Gasteiger partial charge in [0.15, 0.2) is 0 Å².